The van der Waals surface area contributed by atoms with Crippen LogP contribution in [0.5, 0.6) is 5.75 Å². The molecule has 6 heteroatoms. The first-order chi connectivity index (χ1) is 12.1. The maximum atomic E-state index is 13.4. The molecule has 3 rings (SSSR count). The van der Waals surface area contributed by atoms with Gasteiger partial charge in [0.1, 0.15) is 18.2 Å². The number of rotatable bonds is 5. The fourth-order valence-electron chi connectivity index (χ4n) is 2.20. The molecule has 0 saturated carbocycles. The van der Waals surface area contributed by atoms with Crippen molar-refractivity contribution < 1.29 is 13.9 Å². The number of nitrogens with zero attached hydrogens (tertiary/aromatic N) is 1. The third-order valence-corrected chi connectivity index (χ3v) is 3.80. The van der Waals surface area contributed by atoms with Crippen LogP contribution in [0, 0.1) is 5.82 Å². The maximum Gasteiger partial charge on any atom is 0.255 e. The Bertz CT molecular complexity index is 867. The summed E-state index contributed by atoms with van der Waals surface area (Å²) in [7, 11) is 0. The van der Waals surface area contributed by atoms with E-state index in [-0.39, 0.29) is 5.56 Å². The van der Waals surface area contributed by atoms with E-state index in [9.17, 15) is 9.18 Å². The summed E-state index contributed by atoms with van der Waals surface area (Å²) >= 11 is 3.18. The van der Waals surface area contributed by atoms with Crippen LogP contribution in [-0.4, -0.2) is 10.9 Å². The van der Waals surface area contributed by atoms with Gasteiger partial charge in [0.25, 0.3) is 5.91 Å². The van der Waals surface area contributed by atoms with Gasteiger partial charge in [-0.25, -0.2) is 4.39 Å². The Morgan fingerprint density at radius 3 is 2.80 bits per heavy atom. The van der Waals surface area contributed by atoms with Crippen molar-refractivity contribution in [2.75, 3.05) is 5.32 Å². The number of hydrogen-bond donors (Lipinski definition) is 1. The molecule has 126 valence electrons. The molecule has 0 saturated heterocycles. The Morgan fingerprint density at radius 1 is 1.16 bits per heavy atom. The predicted octanol–water partition coefficient (Wildman–Crippen LogP) is 4.81. The van der Waals surface area contributed by atoms with Gasteiger partial charge in [-0.15, -0.1) is 0 Å². The van der Waals surface area contributed by atoms with Crippen molar-refractivity contribution in [3.05, 3.63) is 88.4 Å². The van der Waals surface area contributed by atoms with E-state index in [1.807, 2.05) is 12.1 Å². The van der Waals surface area contributed by atoms with Crippen molar-refractivity contribution in [2.24, 2.45) is 0 Å². The number of hydrogen-bond acceptors (Lipinski definition) is 3. The fraction of sp³-hybridized carbons (Fsp3) is 0.0526. The van der Waals surface area contributed by atoms with Crippen molar-refractivity contribution in [2.45, 2.75) is 6.61 Å². The van der Waals surface area contributed by atoms with Crippen molar-refractivity contribution in [1.29, 1.82) is 0 Å². The average Bonchev–Trinajstić information content (AvgIpc) is 2.60. The van der Waals surface area contributed by atoms with Gasteiger partial charge in [-0.1, -0.05) is 28.1 Å². The number of pyridine rings is 1. The molecule has 3 aromatic rings. The number of nitrogens with one attached hydrogen (secondary N) is 1. The molecule has 0 aliphatic rings. The number of benzene rings is 2. The van der Waals surface area contributed by atoms with Gasteiger partial charge in [-0.2, -0.15) is 0 Å². The number of ether oxygens (including phenoxy) is 1. The van der Waals surface area contributed by atoms with E-state index in [1.54, 1.807) is 42.7 Å². The van der Waals surface area contributed by atoms with Gasteiger partial charge >= 0.3 is 0 Å². The highest BCUT2D eigenvalue weighted by molar-refractivity contribution is 9.10. The zero-order valence-electron chi connectivity index (χ0n) is 13.1. The first-order valence-corrected chi connectivity index (χ1v) is 8.29. The molecular formula is C19H14BrFN2O2. The molecule has 0 bridgehead atoms. The summed E-state index contributed by atoms with van der Waals surface area (Å²) in [5, 5.41) is 2.73. The zero-order chi connectivity index (χ0) is 17.6. The molecule has 0 atom stereocenters. The quantitative estimate of drug-likeness (QED) is 0.668. The second kappa shape index (κ2) is 7.90. The first-order valence-electron chi connectivity index (χ1n) is 7.49. The largest absolute Gasteiger partial charge is 0.489 e. The summed E-state index contributed by atoms with van der Waals surface area (Å²) in [5.74, 6) is -0.264. The van der Waals surface area contributed by atoms with Crippen molar-refractivity contribution in [3.8, 4) is 5.75 Å². The minimum atomic E-state index is -0.479. The lowest BCUT2D eigenvalue weighted by atomic mass is 10.2. The molecule has 0 aliphatic heterocycles. The Morgan fingerprint density at radius 2 is 2.04 bits per heavy atom. The van der Waals surface area contributed by atoms with Gasteiger partial charge in [0.05, 0.1) is 0 Å². The highest BCUT2D eigenvalue weighted by Gasteiger charge is 2.09. The summed E-state index contributed by atoms with van der Waals surface area (Å²) in [6.45, 7) is 0.377. The molecule has 0 radical (unpaired) electrons. The minimum Gasteiger partial charge on any atom is -0.489 e. The van der Waals surface area contributed by atoms with Gasteiger partial charge in [-0.3, -0.25) is 9.78 Å². The van der Waals surface area contributed by atoms with Gasteiger partial charge in [-0.05, 0) is 36.4 Å². The minimum absolute atomic E-state index is 0.230. The lowest BCUT2D eigenvalue weighted by molar-refractivity contribution is 0.102. The van der Waals surface area contributed by atoms with Crippen LogP contribution in [0.25, 0.3) is 0 Å². The maximum absolute atomic E-state index is 13.4. The molecule has 0 aliphatic carbocycles. The van der Waals surface area contributed by atoms with E-state index in [4.69, 9.17) is 4.74 Å². The van der Waals surface area contributed by atoms with E-state index in [2.05, 4.69) is 26.2 Å². The number of carbonyl (C=O) groups is 1. The number of anilines is 1. The summed E-state index contributed by atoms with van der Waals surface area (Å²) in [6, 6.07) is 14.8. The summed E-state index contributed by atoms with van der Waals surface area (Å²) in [4.78, 5) is 16.3. The van der Waals surface area contributed by atoms with E-state index in [1.165, 1.54) is 12.1 Å². The smallest absolute Gasteiger partial charge is 0.255 e. The van der Waals surface area contributed by atoms with Crippen LogP contribution in [0.4, 0.5) is 10.1 Å². The summed E-state index contributed by atoms with van der Waals surface area (Å²) in [6.07, 6.45) is 3.43. The van der Waals surface area contributed by atoms with Gasteiger partial charge < -0.3 is 10.1 Å². The Balaban J connectivity index is 1.67. The molecule has 1 aromatic heterocycles. The molecule has 0 spiro atoms. The SMILES string of the molecule is O=C(Nc1cccc(OCc2cccnc2)c1)c1cc(F)cc(Br)c1. The van der Waals surface area contributed by atoms with Gasteiger partial charge in [0.15, 0.2) is 0 Å². The van der Waals surface area contributed by atoms with E-state index in [0.717, 1.165) is 5.56 Å². The number of halogens is 2. The topological polar surface area (TPSA) is 51.2 Å². The lowest BCUT2D eigenvalue weighted by Crippen LogP contribution is -2.12. The summed E-state index contributed by atoms with van der Waals surface area (Å²) < 4.78 is 19.6. The highest BCUT2D eigenvalue weighted by atomic mass is 79.9. The van der Waals surface area contributed by atoms with E-state index >= 15 is 0 Å². The number of carbonyl (C=O) groups excluding carboxylic acids is 1. The molecule has 4 nitrogen and oxygen atoms in total. The molecule has 1 N–H and O–H groups in total. The third-order valence-electron chi connectivity index (χ3n) is 3.34. The first kappa shape index (κ1) is 17.1. The van der Waals surface area contributed by atoms with Crippen LogP contribution >= 0.6 is 15.9 Å². The highest BCUT2D eigenvalue weighted by Crippen LogP contribution is 2.20. The number of aromatic nitrogens is 1. The lowest BCUT2D eigenvalue weighted by Gasteiger charge is -2.09. The molecule has 1 heterocycles. The molecule has 0 fully saturated rings. The summed E-state index contributed by atoms with van der Waals surface area (Å²) in [5.41, 5.74) is 1.74. The van der Waals surface area contributed by atoms with Gasteiger partial charge in [0.2, 0.25) is 0 Å². The zero-order valence-corrected chi connectivity index (χ0v) is 14.7. The third kappa shape index (κ3) is 4.87. The van der Waals surface area contributed by atoms with Crippen LogP contribution < -0.4 is 10.1 Å². The molecule has 2 aromatic carbocycles. The van der Waals surface area contributed by atoms with E-state index in [0.29, 0.717) is 22.5 Å². The van der Waals surface area contributed by atoms with Crippen LogP contribution in [0.15, 0.2) is 71.5 Å². The Kier molecular flexibility index (Phi) is 5.40. The van der Waals surface area contributed by atoms with E-state index < -0.39 is 11.7 Å². The van der Waals surface area contributed by atoms with Crippen LogP contribution in [-0.2, 0) is 6.61 Å². The monoisotopic (exact) mass is 400 g/mol. The Labute approximate surface area is 152 Å². The second-order valence-corrected chi connectivity index (χ2v) is 6.21. The van der Waals surface area contributed by atoms with Crippen molar-refractivity contribution in [1.82, 2.24) is 4.98 Å². The van der Waals surface area contributed by atoms with Crippen LogP contribution in [0.3, 0.4) is 0 Å². The van der Waals surface area contributed by atoms with Gasteiger partial charge in [0, 0.05) is 39.7 Å². The molecule has 1 amide bonds. The molecular weight excluding hydrogens is 387 g/mol. The standard InChI is InChI=1S/C19H14BrFN2O2/c20-15-7-14(8-16(21)9-15)19(24)23-17-4-1-5-18(10-17)25-12-13-3-2-6-22-11-13/h1-11H,12H2,(H,23,24). The predicted molar refractivity (Wildman–Crippen MR) is 97.1 cm³/mol. The molecule has 25 heavy (non-hydrogen) atoms. The van der Waals surface area contributed by atoms with Crippen molar-refractivity contribution >= 4 is 27.5 Å². The van der Waals surface area contributed by atoms with Crippen LogP contribution in [0.1, 0.15) is 15.9 Å². The molecule has 0 unspecified atom stereocenters. The van der Waals surface area contributed by atoms with Crippen LogP contribution in [0.2, 0.25) is 0 Å². The second-order valence-electron chi connectivity index (χ2n) is 5.29. The average molecular weight is 401 g/mol. The fourth-order valence-corrected chi connectivity index (χ4v) is 2.67. The van der Waals surface area contributed by atoms with Crippen molar-refractivity contribution in [3.63, 3.8) is 0 Å². The number of amides is 1. The Hall–Kier alpha value is -2.73. The normalized spacial score (nSPS) is 10.3.